The highest BCUT2D eigenvalue weighted by molar-refractivity contribution is 7.71. The second-order valence-corrected chi connectivity index (χ2v) is 3.89. The van der Waals surface area contributed by atoms with E-state index in [9.17, 15) is 13.2 Å². The van der Waals surface area contributed by atoms with Crippen LogP contribution in [0.25, 0.3) is 0 Å². The highest BCUT2D eigenvalue weighted by Crippen LogP contribution is 2.10. The Balaban J connectivity index is 3.06. The van der Waals surface area contributed by atoms with Crippen LogP contribution in [0.4, 0.5) is 10.7 Å². The maximum absolute atomic E-state index is 11.2. The molecule has 2 N–H and O–H groups in total. The predicted molar refractivity (Wildman–Crippen MR) is 60.2 cm³/mol. The molecule has 0 saturated heterocycles. The number of carbonyl (C=O) groups is 1. The second-order valence-electron chi connectivity index (χ2n) is 3.13. The van der Waals surface area contributed by atoms with Gasteiger partial charge in [0.25, 0.3) is 0 Å². The highest BCUT2D eigenvalue weighted by atomic mass is 32.2. The zero-order valence-electron chi connectivity index (χ0n) is 9.11. The minimum absolute atomic E-state index is 0.0346. The largest absolute Gasteiger partial charge is 0.416 e. The molecule has 17 heavy (non-hydrogen) atoms. The molecule has 1 aromatic rings. The van der Waals surface area contributed by atoms with Gasteiger partial charge in [0.15, 0.2) is 0 Å². The molecule has 8 nitrogen and oxygen atoms in total. The number of hydrogen-bond acceptors (Lipinski definition) is 7. The lowest BCUT2D eigenvalue weighted by atomic mass is 10.4. The van der Waals surface area contributed by atoms with Crippen LogP contribution in [0.5, 0.6) is 5.88 Å². The summed E-state index contributed by atoms with van der Waals surface area (Å²) in [6.45, 7) is 0. The van der Waals surface area contributed by atoms with Crippen LogP contribution in [-0.2, 0) is 10.3 Å². The van der Waals surface area contributed by atoms with Gasteiger partial charge in [0.2, 0.25) is 22.1 Å². The van der Waals surface area contributed by atoms with E-state index in [0.717, 1.165) is 5.37 Å². The maximum Gasteiger partial charge on any atom is 0.416 e. The van der Waals surface area contributed by atoms with Gasteiger partial charge in [-0.05, 0) is 0 Å². The van der Waals surface area contributed by atoms with Gasteiger partial charge in [-0.3, -0.25) is 0 Å². The van der Waals surface area contributed by atoms with Crippen LogP contribution in [0, 0.1) is 0 Å². The first-order valence-corrected chi connectivity index (χ1v) is 5.49. The van der Waals surface area contributed by atoms with Gasteiger partial charge in [0, 0.05) is 20.2 Å². The van der Waals surface area contributed by atoms with Crippen molar-refractivity contribution in [1.82, 2.24) is 14.9 Å². The Morgan fingerprint density at radius 1 is 1.47 bits per heavy atom. The predicted octanol–water partition coefficient (Wildman–Crippen LogP) is -0.851. The van der Waals surface area contributed by atoms with Gasteiger partial charge in [-0.2, -0.15) is 13.4 Å². The molecule has 0 bridgehead atoms. The Bertz CT molecular complexity index is 559. The van der Waals surface area contributed by atoms with Gasteiger partial charge in [-0.25, -0.2) is 9.78 Å². The van der Waals surface area contributed by atoms with Gasteiger partial charge >= 0.3 is 6.09 Å². The third kappa shape index (κ3) is 4.07. The summed E-state index contributed by atoms with van der Waals surface area (Å²) in [7, 11) is 0.559. The molecule has 0 radical (unpaired) electrons. The maximum atomic E-state index is 11.2. The Labute approximate surface area is 98.6 Å². The second kappa shape index (κ2) is 5.25. The van der Waals surface area contributed by atoms with Crippen LogP contribution in [0.2, 0.25) is 0 Å². The molecule has 1 aromatic heterocycles. The Hall–Kier alpha value is -2.16. The molecule has 1 amide bonds. The fourth-order valence-electron chi connectivity index (χ4n) is 0.853. The third-order valence-corrected chi connectivity index (χ3v) is 1.95. The van der Waals surface area contributed by atoms with Crippen LogP contribution >= 0.6 is 0 Å². The number of anilines is 1. The molecule has 0 aromatic carbocycles. The summed E-state index contributed by atoms with van der Waals surface area (Å²) >= 11 is 0. The molecule has 0 aliphatic heterocycles. The number of amides is 1. The number of rotatable bonds is 2. The molecular weight excluding hydrogens is 248 g/mol. The van der Waals surface area contributed by atoms with Crippen LogP contribution < -0.4 is 10.5 Å². The van der Waals surface area contributed by atoms with Crippen molar-refractivity contribution in [2.45, 2.75) is 0 Å². The van der Waals surface area contributed by atoms with E-state index in [2.05, 4.69) is 9.97 Å². The monoisotopic (exact) mass is 258 g/mol. The fraction of sp³-hybridized carbons (Fsp3) is 0.250. The summed E-state index contributed by atoms with van der Waals surface area (Å²) in [6.07, 6.45) is -0.655. The van der Waals surface area contributed by atoms with Crippen molar-refractivity contribution in [2.75, 3.05) is 19.8 Å². The molecule has 0 aliphatic carbocycles. The van der Waals surface area contributed by atoms with Crippen molar-refractivity contribution in [3.8, 4) is 5.88 Å². The van der Waals surface area contributed by atoms with Crippen LogP contribution in [0.15, 0.2) is 6.07 Å². The molecule has 0 unspecified atom stereocenters. The zero-order valence-corrected chi connectivity index (χ0v) is 9.93. The van der Waals surface area contributed by atoms with Gasteiger partial charge in [0.05, 0.1) is 11.1 Å². The van der Waals surface area contributed by atoms with Crippen molar-refractivity contribution < 1.29 is 17.9 Å². The Morgan fingerprint density at radius 3 is 2.65 bits per heavy atom. The van der Waals surface area contributed by atoms with E-state index in [0.29, 0.717) is 0 Å². The van der Waals surface area contributed by atoms with Crippen molar-refractivity contribution in [1.29, 1.82) is 0 Å². The first-order chi connectivity index (χ1) is 7.88. The van der Waals surface area contributed by atoms with E-state index in [1.165, 1.54) is 25.1 Å². The van der Waals surface area contributed by atoms with Crippen LogP contribution in [0.1, 0.15) is 5.69 Å². The average Bonchev–Trinajstić information content (AvgIpc) is 2.14. The van der Waals surface area contributed by atoms with Crippen LogP contribution in [0.3, 0.4) is 0 Å². The van der Waals surface area contributed by atoms with Crippen LogP contribution in [-0.4, -0.2) is 48.8 Å². The minimum atomic E-state index is -2.43. The number of ether oxygens (including phenoxy) is 1. The molecule has 0 spiro atoms. The number of nitrogens with two attached hydrogens (primary N) is 1. The number of nitrogen functional groups attached to an aromatic ring is 1. The van der Waals surface area contributed by atoms with Crippen molar-refractivity contribution >= 4 is 27.7 Å². The third-order valence-electron chi connectivity index (χ3n) is 1.51. The first-order valence-electron chi connectivity index (χ1n) is 4.35. The number of aromatic nitrogens is 2. The van der Waals surface area contributed by atoms with E-state index in [-0.39, 0.29) is 17.5 Å². The van der Waals surface area contributed by atoms with E-state index < -0.39 is 16.4 Å². The SMILES string of the molecule is CN(C)C(=O)Oc1cc(C=S(=O)=O)nc(N)n1. The molecule has 92 valence electrons. The van der Waals surface area contributed by atoms with Gasteiger partial charge in [-0.1, -0.05) is 0 Å². The van der Waals surface area contributed by atoms with Crippen molar-refractivity contribution in [2.24, 2.45) is 0 Å². The van der Waals surface area contributed by atoms with E-state index in [1.54, 1.807) is 0 Å². The number of carbonyl (C=O) groups excluding carboxylic acids is 1. The average molecular weight is 258 g/mol. The summed E-state index contributed by atoms with van der Waals surface area (Å²) in [5, 5.41) is 0.824. The molecule has 1 rings (SSSR count). The number of hydrogen-bond donors (Lipinski definition) is 1. The minimum Gasteiger partial charge on any atom is -0.391 e. The smallest absolute Gasteiger partial charge is 0.391 e. The lowest BCUT2D eigenvalue weighted by Gasteiger charge is -2.10. The molecule has 0 atom stereocenters. The summed E-state index contributed by atoms with van der Waals surface area (Å²) in [5.74, 6) is -0.307. The van der Waals surface area contributed by atoms with Gasteiger partial charge < -0.3 is 15.4 Å². The molecular formula is C8H10N4O4S. The highest BCUT2D eigenvalue weighted by Gasteiger charge is 2.09. The summed E-state index contributed by atoms with van der Waals surface area (Å²) < 4.78 is 25.7. The molecule has 0 saturated carbocycles. The standard InChI is InChI=1S/C8H10N4O4S/c1-12(2)8(13)16-6-3-5(4-17(14)15)10-7(9)11-6/h3-4H,1-2H3,(H2,9,10,11). The quantitative estimate of drug-likeness (QED) is 0.687. The zero-order chi connectivity index (χ0) is 13.0. The van der Waals surface area contributed by atoms with Crippen molar-refractivity contribution in [3.05, 3.63) is 11.8 Å². The topological polar surface area (TPSA) is 115 Å². The molecule has 1 heterocycles. The van der Waals surface area contributed by atoms with Gasteiger partial charge in [-0.15, -0.1) is 0 Å². The molecule has 0 aliphatic rings. The lowest BCUT2D eigenvalue weighted by Crippen LogP contribution is -2.25. The van der Waals surface area contributed by atoms with E-state index in [1.807, 2.05) is 0 Å². The van der Waals surface area contributed by atoms with E-state index in [4.69, 9.17) is 10.5 Å². The normalized spacial score (nSPS) is 9.53. The Morgan fingerprint density at radius 2 is 2.12 bits per heavy atom. The number of nitrogens with zero attached hydrogens (tertiary/aromatic N) is 3. The summed E-state index contributed by atoms with van der Waals surface area (Å²) in [5.41, 5.74) is 5.37. The van der Waals surface area contributed by atoms with Gasteiger partial charge in [0.1, 0.15) is 0 Å². The molecule has 9 heteroatoms. The summed E-state index contributed by atoms with van der Waals surface area (Å²) in [6, 6.07) is 1.19. The first kappa shape index (κ1) is 12.9. The van der Waals surface area contributed by atoms with Crippen molar-refractivity contribution in [3.63, 3.8) is 0 Å². The Kier molecular flexibility index (Phi) is 3.99. The lowest BCUT2D eigenvalue weighted by molar-refractivity contribution is 0.170. The van der Waals surface area contributed by atoms with E-state index >= 15 is 0 Å². The fourth-order valence-corrected chi connectivity index (χ4v) is 1.17. The molecule has 0 fully saturated rings. The summed E-state index contributed by atoms with van der Waals surface area (Å²) in [4.78, 5) is 19.7.